The zero-order valence-corrected chi connectivity index (χ0v) is 11.8. The molecule has 0 heterocycles. The van der Waals surface area contributed by atoms with Crippen molar-refractivity contribution >= 4 is 0 Å². The summed E-state index contributed by atoms with van der Waals surface area (Å²) in [4.78, 5) is 0. The van der Waals surface area contributed by atoms with Gasteiger partial charge in [-0.05, 0) is 38.4 Å². The van der Waals surface area contributed by atoms with Crippen molar-refractivity contribution < 1.29 is 8.78 Å². The normalized spacial score (nSPS) is 12.4. The second kappa shape index (κ2) is 6.62. The Morgan fingerprint density at radius 1 is 1.05 bits per heavy atom. The third-order valence-electron chi connectivity index (χ3n) is 3.55. The van der Waals surface area contributed by atoms with Crippen LogP contribution in [-0.2, 0) is 6.42 Å². The minimum absolute atomic E-state index is 0.188. The summed E-state index contributed by atoms with van der Waals surface area (Å²) in [6.07, 6.45) is 1.54. The van der Waals surface area contributed by atoms with Gasteiger partial charge in [0.25, 0.3) is 0 Å². The van der Waals surface area contributed by atoms with Gasteiger partial charge in [0.05, 0.1) is 0 Å². The maximum absolute atomic E-state index is 13.8. The standard InChI is InChI=1S/C17H19F2N/c1-12-6-8-13(9-7-12)10-11-16(20-2)14-4-3-5-15(18)17(14)19/h3-9,16,20H,10-11H2,1-2H3. The first-order valence-electron chi connectivity index (χ1n) is 6.78. The van der Waals surface area contributed by atoms with Gasteiger partial charge in [-0.1, -0.05) is 42.0 Å². The molecule has 0 saturated carbocycles. The summed E-state index contributed by atoms with van der Waals surface area (Å²) in [7, 11) is 1.77. The summed E-state index contributed by atoms with van der Waals surface area (Å²) >= 11 is 0. The number of aryl methyl sites for hydroxylation is 2. The highest BCUT2D eigenvalue weighted by molar-refractivity contribution is 5.24. The zero-order valence-electron chi connectivity index (χ0n) is 11.8. The third kappa shape index (κ3) is 3.42. The van der Waals surface area contributed by atoms with Crippen LogP contribution in [-0.4, -0.2) is 7.05 Å². The number of benzene rings is 2. The molecule has 0 aromatic heterocycles. The van der Waals surface area contributed by atoms with E-state index in [0.717, 1.165) is 18.9 Å². The van der Waals surface area contributed by atoms with Gasteiger partial charge in [0.1, 0.15) is 0 Å². The van der Waals surface area contributed by atoms with Crippen LogP contribution in [0.15, 0.2) is 42.5 Å². The van der Waals surface area contributed by atoms with Crippen molar-refractivity contribution in [2.24, 2.45) is 0 Å². The summed E-state index contributed by atoms with van der Waals surface area (Å²) < 4.78 is 27.1. The SMILES string of the molecule is CNC(CCc1ccc(C)cc1)c1cccc(F)c1F. The maximum Gasteiger partial charge on any atom is 0.163 e. The molecule has 3 heteroatoms. The fourth-order valence-electron chi connectivity index (χ4n) is 2.31. The van der Waals surface area contributed by atoms with Gasteiger partial charge in [-0.15, -0.1) is 0 Å². The van der Waals surface area contributed by atoms with Crippen molar-refractivity contribution in [3.63, 3.8) is 0 Å². The van der Waals surface area contributed by atoms with E-state index >= 15 is 0 Å². The number of rotatable bonds is 5. The fourth-order valence-corrected chi connectivity index (χ4v) is 2.31. The van der Waals surface area contributed by atoms with Crippen LogP contribution in [0.4, 0.5) is 8.78 Å². The minimum Gasteiger partial charge on any atom is -0.313 e. The van der Waals surface area contributed by atoms with Gasteiger partial charge in [0, 0.05) is 11.6 Å². The van der Waals surface area contributed by atoms with Crippen molar-refractivity contribution in [3.8, 4) is 0 Å². The summed E-state index contributed by atoms with van der Waals surface area (Å²) in [6, 6.07) is 12.4. The monoisotopic (exact) mass is 275 g/mol. The maximum atomic E-state index is 13.8. The first-order valence-corrected chi connectivity index (χ1v) is 6.78. The van der Waals surface area contributed by atoms with E-state index in [1.54, 1.807) is 19.2 Å². The van der Waals surface area contributed by atoms with Crippen LogP contribution in [0.3, 0.4) is 0 Å². The molecule has 0 bridgehead atoms. The molecule has 2 rings (SSSR count). The van der Waals surface area contributed by atoms with Gasteiger partial charge in [-0.25, -0.2) is 8.78 Å². The lowest BCUT2D eigenvalue weighted by molar-refractivity contribution is 0.463. The van der Waals surface area contributed by atoms with E-state index in [1.165, 1.54) is 11.1 Å². The molecule has 0 aliphatic rings. The molecule has 0 radical (unpaired) electrons. The molecule has 2 aromatic rings. The van der Waals surface area contributed by atoms with Gasteiger partial charge in [0.15, 0.2) is 11.6 Å². The molecular formula is C17H19F2N. The predicted molar refractivity (Wildman–Crippen MR) is 77.7 cm³/mol. The quantitative estimate of drug-likeness (QED) is 0.863. The Hall–Kier alpha value is -1.74. The summed E-state index contributed by atoms with van der Waals surface area (Å²) in [5.41, 5.74) is 2.81. The molecule has 0 aliphatic carbocycles. The highest BCUT2D eigenvalue weighted by atomic mass is 19.2. The lowest BCUT2D eigenvalue weighted by Crippen LogP contribution is -2.19. The Morgan fingerprint density at radius 3 is 2.40 bits per heavy atom. The molecule has 0 aliphatic heterocycles. The number of hydrogen-bond acceptors (Lipinski definition) is 1. The van der Waals surface area contributed by atoms with Gasteiger partial charge in [0.2, 0.25) is 0 Å². The van der Waals surface area contributed by atoms with Crippen LogP contribution >= 0.6 is 0 Å². The van der Waals surface area contributed by atoms with Crippen molar-refractivity contribution in [2.75, 3.05) is 7.05 Å². The second-order valence-corrected chi connectivity index (χ2v) is 5.01. The van der Waals surface area contributed by atoms with Crippen LogP contribution < -0.4 is 5.32 Å². The summed E-state index contributed by atoms with van der Waals surface area (Å²) in [6.45, 7) is 2.04. The van der Waals surface area contributed by atoms with Crippen molar-refractivity contribution in [2.45, 2.75) is 25.8 Å². The van der Waals surface area contributed by atoms with Gasteiger partial charge in [-0.2, -0.15) is 0 Å². The third-order valence-corrected chi connectivity index (χ3v) is 3.55. The summed E-state index contributed by atoms with van der Waals surface area (Å²) in [5, 5.41) is 3.06. The van der Waals surface area contributed by atoms with Crippen molar-refractivity contribution in [1.82, 2.24) is 5.32 Å². The second-order valence-electron chi connectivity index (χ2n) is 5.01. The van der Waals surface area contributed by atoms with Crippen LogP contribution in [0, 0.1) is 18.6 Å². The average Bonchev–Trinajstić information content (AvgIpc) is 2.45. The molecule has 1 atom stereocenters. The van der Waals surface area contributed by atoms with Crippen molar-refractivity contribution in [1.29, 1.82) is 0 Å². The molecule has 0 fully saturated rings. The number of halogens is 2. The molecule has 0 spiro atoms. The first kappa shape index (κ1) is 14.7. The molecule has 2 aromatic carbocycles. The molecule has 1 N–H and O–H groups in total. The highest BCUT2D eigenvalue weighted by Gasteiger charge is 2.16. The zero-order chi connectivity index (χ0) is 14.5. The molecule has 106 valence electrons. The Morgan fingerprint density at radius 2 is 1.75 bits per heavy atom. The Kier molecular flexibility index (Phi) is 4.85. The minimum atomic E-state index is -0.793. The van der Waals surface area contributed by atoms with E-state index in [9.17, 15) is 8.78 Å². The molecule has 20 heavy (non-hydrogen) atoms. The average molecular weight is 275 g/mol. The lowest BCUT2D eigenvalue weighted by Gasteiger charge is -2.17. The Bertz CT molecular complexity index is 564. The van der Waals surface area contributed by atoms with Crippen molar-refractivity contribution in [3.05, 3.63) is 70.8 Å². The number of hydrogen-bond donors (Lipinski definition) is 1. The topological polar surface area (TPSA) is 12.0 Å². The fraction of sp³-hybridized carbons (Fsp3) is 0.294. The van der Waals surface area contributed by atoms with Crippen LogP contribution in [0.5, 0.6) is 0 Å². The van der Waals surface area contributed by atoms with Crippen LogP contribution in [0.1, 0.15) is 29.2 Å². The van der Waals surface area contributed by atoms with Gasteiger partial charge < -0.3 is 5.32 Å². The molecular weight excluding hydrogens is 256 g/mol. The molecule has 0 saturated heterocycles. The summed E-state index contributed by atoms with van der Waals surface area (Å²) in [5.74, 6) is -1.55. The van der Waals surface area contributed by atoms with E-state index < -0.39 is 11.6 Å². The lowest BCUT2D eigenvalue weighted by atomic mass is 9.98. The van der Waals surface area contributed by atoms with E-state index in [1.807, 2.05) is 6.92 Å². The predicted octanol–water partition coefficient (Wildman–Crippen LogP) is 4.17. The Balaban J connectivity index is 2.09. The molecule has 1 unspecified atom stereocenters. The largest absolute Gasteiger partial charge is 0.313 e. The highest BCUT2D eigenvalue weighted by Crippen LogP contribution is 2.23. The first-order chi connectivity index (χ1) is 9.61. The smallest absolute Gasteiger partial charge is 0.163 e. The molecule has 1 nitrogen and oxygen atoms in total. The van der Waals surface area contributed by atoms with Crippen LogP contribution in [0.2, 0.25) is 0 Å². The van der Waals surface area contributed by atoms with E-state index in [2.05, 4.69) is 29.6 Å². The number of nitrogens with one attached hydrogen (secondary N) is 1. The Labute approximate surface area is 118 Å². The van der Waals surface area contributed by atoms with Crippen LogP contribution in [0.25, 0.3) is 0 Å². The van der Waals surface area contributed by atoms with E-state index in [0.29, 0.717) is 5.56 Å². The van der Waals surface area contributed by atoms with E-state index in [-0.39, 0.29) is 6.04 Å². The van der Waals surface area contributed by atoms with E-state index in [4.69, 9.17) is 0 Å². The molecule has 0 amide bonds. The van der Waals surface area contributed by atoms with Gasteiger partial charge >= 0.3 is 0 Å². The van der Waals surface area contributed by atoms with Gasteiger partial charge in [-0.3, -0.25) is 0 Å².